The Morgan fingerprint density at radius 1 is 1.35 bits per heavy atom. The van der Waals surface area contributed by atoms with E-state index in [1.165, 1.54) is 0 Å². The lowest BCUT2D eigenvalue weighted by Gasteiger charge is -2.08. The molecule has 0 atom stereocenters. The molecule has 0 amide bonds. The fourth-order valence-electron chi connectivity index (χ4n) is 1.55. The summed E-state index contributed by atoms with van der Waals surface area (Å²) in [6, 6.07) is 7.79. The zero-order valence-corrected chi connectivity index (χ0v) is 10.3. The number of hydrogen-bond acceptors (Lipinski definition) is 2. The predicted octanol–water partition coefficient (Wildman–Crippen LogP) is 3.05. The van der Waals surface area contributed by atoms with Crippen LogP contribution in [0.3, 0.4) is 0 Å². The van der Waals surface area contributed by atoms with Crippen molar-refractivity contribution in [1.82, 2.24) is 0 Å². The van der Waals surface area contributed by atoms with Crippen LogP contribution in [0, 0.1) is 0 Å². The molecule has 1 N–H and O–H groups in total. The van der Waals surface area contributed by atoms with Crippen LogP contribution in [0.1, 0.15) is 25.8 Å². The molecule has 0 radical (unpaired) electrons. The van der Waals surface area contributed by atoms with Crippen molar-refractivity contribution >= 4 is 5.97 Å². The van der Waals surface area contributed by atoms with Gasteiger partial charge >= 0.3 is 5.97 Å². The van der Waals surface area contributed by atoms with Gasteiger partial charge in [0.1, 0.15) is 12.4 Å². The SMILES string of the molecule is CCC(=CCOc1ccccc1CC)C(=O)O. The van der Waals surface area contributed by atoms with Gasteiger partial charge < -0.3 is 9.84 Å². The Morgan fingerprint density at radius 2 is 2.06 bits per heavy atom. The van der Waals surface area contributed by atoms with Crippen LogP contribution in [0.2, 0.25) is 0 Å². The van der Waals surface area contributed by atoms with E-state index in [4.69, 9.17) is 9.84 Å². The topological polar surface area (TPSA) is 46.5 Å². The molecule has 1 rings (SSSR count). The van der Waals surface area contributed by atoms with Crippen LogP contribution in [0.4, 0.5) is 0 Å². The number of aryl methyl sites for hydroxylation is 1. The van der Waals surface area contributed by atoms with Crippen molar-refractivity contribution in [3.8, 4) is 5.75 Å². The molecular weight excluding hydrogens is 216 g/mol. The zero-order valence-electron chi connectivity index (χ0n) is 10.3. The normalized spacial score (nSPS) is 11.3. The van der Waals surface area contributed by atoms with Gasteiger partial charge in [-0.2, -0.15) is 0 Å². The predicted molar refractivity (Wildman–Crippen MR) is 67.3 cm³/mol. The lowest BCUT2D eigenvalue weighted by Crippen LogP contribution is -2.03. The molecule has 0 aliphatic heterocycles. The maximum atomic E-state index is 10.8. The van der Waals surface area contributed by atoms with Gasteiger partial charge in [0.15, 0.2) is 0 Å². The second-order valence-electron chi connectivity index (χ2n) is 3.66. The average Bonchev–Trinajstić information content (AvgIpc) is 2.34. The molecule has 0 aliphatic rings. The monoisotopic (exact) mass is 234 g/mol. The van der Waals surface area contributed by atoms with E-state index < -0.39 is 5.97 Å². The quantitative estimate of drug-likeness (QED) is 0.769. The molecule has 0 unspecified atom stereocenters. The summed E-state index contributed by atoms with van der Waals surface area (Å²) in [7, 11) is 0. The summed E-state index contributed by atoms with van der Waals surface area (Å²) in [4.78, 5) is 10.8. The third-order valence-electron chi connectivity index (χ3n) is 2.58. The van der Waals surface area contributed by atoms with Crippen LogP contribution in [-0.4, -0.2) is 17.7 Å². The van der Waals surface area contributed by atoms with Gasteiger partial charge in [0.25, 0.3) is 0 Å². The summed E-state index contributed by atoms with van der Waals surface area (Å²) in [5, 5.41) is 8.85. The number of hydrogen-bond donors (Lipinski definition) is 1. The molecule has 17 heavy (non-hydrogen) atoms. The first-order valence-electron chi connectivity index (χ1n) is 5.82. The van der Waals surface area contributed by atoms with Crippen molar-refractivity contribution < 1.29 is 14.6 Å². The molecule has 0 spiro atoms. The molecule has 0 aromatic heterocycles. The van der Waals surface area contributed by atoms with Gasteiger partial charge in [-0.25, -0.2) is 4.79 Å². The Hall–Kier alpha value is -1.77. The maximum Gasteiger partial charge on any atom is 0.331 e. The fraction of sp³-hybridized carbons (Fsp3) is 0.357. The van der Waals surface area contributed by atoms with Gasteiger partial charge in [-0.15, -0.1) is 0 Å². The van der Waals surface area contributed by atoms with Crippen molar-refractivity contribution in [2.45, 2.75) is 26.7 Å². The van der Waals surface area contributed by atoms with Crippen LogP contribution >= 0.6 is 0 Å². The van der Waals surface area contributed by atoms with E-state index in [2.05, 4.69) is 6.92 Å². The summed E-state index contributed by atoms with van der Waals surface area (Å²) < 4.78 is 5.57. The van der Waals surface area contributed by atoms with Gasteiger partial charge in [0, 0.05) is 5.57 Å². The van der Waals surface area contributed by atoms with Gasteiger partial charge in [0.05, 0.1) is 0 Å². The molecule has 0 fully saturated rings. The minimum Gasteiger partial charge on any atom is -0.489 e. The second-order valence-corrected chi connectivity index (χ2v) is 3.66. The molecule has 3 heteroatoms. The van der Waals surface area contributed by atoms with E-state index in [9.17, 15) is 4.79 Å². The highest BCUT2D eigenvalue weighted by Crippen LogP contribution is 2.18. The van der Waals surface area contributed by atoms with Crippen molar-refractivity contribution in [3.05, 3.63) is 41.5 Å². The fourth-order valence-corrected chi connectivity index (χ4v) is 1.55. The third kappa shape index (κ3) is 3.94. The van der Waals surface area contributed by atoms with Crippen molar-refractivity contribution in [2.75, 3.05) is 6.61 Å². The van der Waals surface area contributed by atoms with E-state index in [0.717, 1.165) is 17.7 Å². The Kier molecular flexibility index (Phi) is 5.27. The van der Waals surface area contributed by atoms with Crippen LogP contribution in [0.15, 0.2) is 35.9 Å². The number of carboxylic acids is 1. The summed E-state index contributed by atoms with van der Waals surface area (Å²) in [6.45, 7) is 4.18. The largest absolute Gasteiger partial charge is 0.489 e. The molecule has 0 heterocycles. The maximum absolute atomic E-state index is 10.8. The highest BCUT2D eigenvalue weighted by Gasteiger charge is 2.04. The summed E-state index contributed by atoms with van der Waals surface area (Å²) in [6.07, 6.45) is 3.03. The molecule has 0 saturated heterocycles. The summed E-state index contributed by atoms with van der Waals surface area (Å²) in [5.41, 5.74) is 1.52. The zero-order chi connectivity index (χ0) is 12.7. The molecule has 1 aromatic rings. The Balaban J connectivity index is 2.64. The van der Waals surface area contributed by atoms with Crippen LogP contribution < -0.4 is 4.74 Å². The number of aliphatic carboxylic acids is 1. The first-order chi connectivity index (χ1) is 8.19. The standard InChI is InChI=1S/C14H18O3/c1-3-11-7-5-6-8-13(11)17-10-9-12(4-2)14(15)16/h5-9H,3-4,10H2,1-2H3,(H,15,16). The van der Waals surface area contributed by atoms with E-state index in [0.29, 0.717) is 18.6 Å². The molecule has 92 valence electrons. The minimum atomic E-state index is -0.875. The van der Waals surface area contributed by atoms with Crippen molar-refractivity contribution in [1.29, 1.82) is 0 Å². The van der Waals surface area contributed by atoms with E-state index in [1.54, 1.807) is 6.08 Å². The highest BCUT2D eigenvalue weighted by atomic mass is 16.5. The number of ether oxygens (including phenoxy) is 1. The van der Waals surface area contributed by atoms with Crippen molar-refractivity contribution in [3.63, 3.8) is 0 Å². The van der Waals surface area contributed by atoms with Crippen LogP contribution in [-0.2, 0) is 11.2 Å². The van der Waals surface area contributed by atoms with Gasteiger partial charge in [-0.3, -0.25) is 0 Å². The third-order valence-corrected chi connectivity index (χ3v) is 2.58. The summed E-state index contributed by atoms with van der Waals surface area (Å²) >= 11 is 0. The molecule has 1 aromatic carbocycles. The highest BCUT2D eigenvalue weighted by molar-refractivity contribution is 5.86. The number of rotatable bonds is 6. The molecule has 0 saturated carbocycles. The first-order valence-corrected chi connectivity index (χ1v) is 5.82. The van der Waals surface area contributed by atoms with Gasteiger partial charge in [0.2, 0.25) is 0 Å². The van der Waals surface area contributed by atoms with E-state index >= 15 is 0 Å². The van der Waals surface area contributed by atoms with Crippen LogP contribution in [0.5, 0.6) is 5.75 Å². The van der Waals surface area contributed by atoms with E-state index in [1.807, 2.05) is 31.2 Å². The van der Waals surface area contributed by atoms with Gasteiger partial charge in [-0.1, -0.05) is 32.0 Å². The number of para-hydroxylation sites is 1. The van der Waals surface area contributed by atoms with E-state index in [-0.39, 0.29) is 0 Å². The lowest BCUT2D eigenvalue weighted by atomic mass is 10.1. The summed E-state index contributed by atoms with van der Waals surface area (Å²) in [5.74, 6) is -0.0491. The smallest absolute Gasteiger partial charge is 0.331 e. The van der Waals surface area contributed by atoms with Gasteiger partial charge in [-0.05, 0) is 30.5 Å². The molecule has 3 nitrogen and oxygen atoms in total. The molecule has 0 bridgehead atoms. The minimum absolute atomic E-state index is 0.298. The lowest BCUT2D eigenvalue weighted by molar-refractivity contribution is -0.132. The number of benzene rings is 1. The second kappa shape index (κ2) is 6.74. The molecular formula is C14H18O3. The van der Waals surface area contributed by atoms with Crippen molar-refractivity contribution in [2.24, 2.45) is 0 Å². The first kappa shape index (κ1) is 13.3. The molecule has 0 aliphatic carbocycles. The number of carbonyl (C=O) groups is 1. The Morgan fingerprint density at radius 3 is 2.65 bits per heavy atom. The van der Waals surface area contributed by atoms with Crippen LogP contribution in [0.25, 0.3) is 0 Å². The number of carboxylic acid groups (broad SMARTS) is 1. The Labute approximate surface area is 102 Å². The Bertz CT molecular complexity index is 408. The average molecular weight is 234 g/mol.